The molecule has 10 heteroatoms. The average Bonchev–Trinajstić information content (AvgIpc) is 3.54. The molecule has 4 rings (SSSR count). The van der Waals surface area contributed by atoms with Crippen LogP contribution in [0.3, 0.4) is 0 Å². The molecule has 3 aromatic rings. The van der Waals surface area contributed by atoms with Crippen LogP contribution in [0.2, 0.25) is 0 Å². The van der Waals surface area contributed by atoms with Gasteiger partial charge in [0.05, 0.1) is 43.9 Å². The molecule has 0 N–H and O–H groups in total. The van der Waals surface area contributed by atoms with Crippen molar-refractivity contribution in [3.05, 3.63) is 77.4 Å². The molecule has 1 atom stereocenters. The maximum absolute atomic E-state index is 14.2. The van der Waals surface area contributed by atoms with E-state index in [1.54, 1.807) is 46.9 Å². The standard InChI is InChI=1S/C26H30FN3O5S/c1-3-29(25(31)19-10-12-22(34-2)13-11-19)16-21-15-28-26(30(21)17-23-8-6-14-35-23)36(32,33)18-20-7-4-5-9-24(20)27/h4-5,7,9-13,15,23H,3,6,8,14,16-18H2,1-2H3/t23-/m1/s1. The zero-order chi connectivity index (χ0) is 25.7. The minimum atomic E-state index is -3.97. The number of nitrogens with zero attached hydrogens (tertiary/aromatic N) is 3. The lowest BCUT2D eigenvalue weighted by atomic mass is 10.2. The molecule has 2 aromatic carbocycles. The number of benzene rings is 2. The van der Waals surface area contributed by atoms with Crippen molar-refractivity contribution in [3.63, 3.8) is 0 Å². The molecule has 0 aliphatic carbocycles. The van der Waals surface area contributed by atoms with Gasteiger partial charge in [-0.2, -0.15) is 0 Å². The van der Waals surface area contributed by atoms with E-state index in [4.69, 9.17) is 9.47 Å². The van der Waals surface area contributed by atoms with Gasteiger partial charge in [-0.25, -0.2) is 17.8 Å². The zero-order valence-corrected chi connectivity index (χ0v) is 21.2. The van der Waals surface area contributed by atoms with Crippen LogP contribution in [0, 0.1) is 5.82 Å². The molecule has 0 radical (unpaired) electrons. The van der Waals surface area contributed by atoms with Crippen LogP contribution in [0.25, 0.3) is 0 Å². The van der Waals surface area contributed by atoms with Crippen LogP contribution in [0.15, 0.2) is 59.9 Å². The van der Waals surface area contributed by atoms with Crippen LogP contribution >= 0.6 is 0 Å². The molecule has 0 spiro atoms. The van der Waals surface area contributed by atoms with Crippen molar-refractivity contribution >= 4 is 15.7 Å². The Morgan fingerprint density at radius 1 is 1.22 bits per heavy atom. The second kappa shape index (κ2) is 11.2. The Hall–Kier alpha value is -3.24. The van der Waals surface area contributed by atoms with Gasteiger partial charge in [0.25, 0.3) is 5.91 Å². The lowest BCUT2D eigenvalue weighted by Crippen LogP contribution is -2.32. The summed E-state index contributed by atoms with van der Waals surface area (Å²) in [6, 6.07) is 12.6. The fourth-order valence-electron chi connectivity index (χ4n) is 4.28. The van der Waals surface area contributed by atoms with Crippen molar-refractivity contribution in [2.75, 3.05) is 20.3 Å². The minimum absolute atomic E-state index is 0.0792. The summed E-state index contributed by atoms with van der Waals surface area (Å²) in [5.74, 6) is -0.639. The van der Waals surface area contributed by atoms with Crippen LogP contribution in [0.1, 0.15) is 41.4 Å². The Bertz CT molecular complexity index is 1300. The number of hydrogen-bond acceptors (Lipinski definition) is 6. The number of carbonyl (C=O) groups is 1. The smallest absolute Gasteiger partial charge is 0.254 e. The molecule has 8 nitrogen and oxygen atoms in total. The highest BCUT2D eigenvalue weighted by atomic mass is 32.2. The van der Waals surface area contributed by atoms with E-state index in [0.29, 0.717) is 30.2 Å². The lowest BCUT2D eigenvalue weighted by Gasteiger charge is -2.23. The number of carbonyl (C=O) groups excluding carboxylic acids is 1. The van der Waals surface area contributed by atoms with Crippen LogP contribution in [0.5, 0.6) is 5.75 Å². The van der Waals surface area contributed by atoms with Crippen molar-refractivity contribution in [1.29, 1.82) is 0 Å². The highest BCUT2D eigenvalue weighted by molar-refractivity contribution is 7.90. The fraction of sp³-hybridized carbons (Fsp3) is 0.385. The van der Waals surface area contributed by atoms with Crippen LogP contribution in [-0.4, -0.2) is 55.1 Å². The molecule has 1 fully saturated rings. The van der Waals surface area contributed by atoms with Gasteiger partial charge in [0.15, 0.2) is 0 Å². The summed E-state index contributed by atoms with van der Waals surface area (Å²) in [7, 11) is -2.41. The van der Waals surface area contributed by atoms with E-state index >= 15 is 0 Å². The molecular formula is C26H30FN3O5S. The molecule has 192 valence electrons. The molecule has 1 aliphatic rings. The summed E-state index contributed by atoms with van der Waals surface area (Å²) in [6.07, 6.45) is 3.01. The second-order valence-corrected chi connectivity index (χ2v) is 10.6. The number of sulfone groups is 1. The number of imidazole rings is 1. The molecule has 2 heterocycles. The molecule has 1 aliphatic heterocycles. The highest BCUT2D eigenvalue weighted by Crippen LogP contribution is 2.24. The summed E-state index contributed by atoms with van der Waals surface area (Å²) >= 11 is 0. The number of amides is 1. The Morgan fingerprint density at radius 3 is 2.61 bits per heavy atom. The van der Waals surface area contributed by atoms with Gasteiger partial charge in [-0.15, -0.1) is 0 Å². The van der Waals surface area contributed by atoms with Gasteiger partial charge < -0.3 is 18.9 Å². The quantitative estimate of drug-likeness (QED) is 0.408. The molecule has 36 heavy (non-hydrogen) atoms. The molecule has 0 unspecified atom stereocenters. The number of rotatable bonds is 10. The Kier molecular flexibility index (Phi) is 8.05. The van der Waals surface area contributed by atoms with Crippen molar-refractivity contribution < 1.29 is 27.1 Å². The van der Waals surface area contributed by atoms with Gasteiger partial charge in [-0.05, 0) is 50.1 Å². The van der Waals surface area contributed by atoms with E-state index in [1.807, 2.05) is 6.92 Å². The molecular weight excluding hydrogens is 485 g/mol. The fourth-order valence-corrected chi connectivity index (χ4v) is 5.79. The minimum Gasteiger partial charge on any atom is -0.497 e. The van der Waals surface area contributed by atoms with Gasteiger partial charge >= 0.3 is 0 Å². The third-order valence-corrected chi connectivity index (χ3v) is 7.83. The number of hydrogen-bond donors (Lipinski definition) is 0. The summed E-state index contributed by atoms with van der Waals surface area (Å²) in [5, 5.41) is -0.149. The van der Waals surface area contributed by atoms with E-state index in [9.17, 15) is 17.6 Å². The van der Waals surface area contributed by atoms with Crippen molar-refractivity contribution in [3.8, 4) is 5.75 Å². The summed E-state index contributed by atoms with van der Waals surface area (Å²) < 4.78 is 53.5. The third-order valence-electron chi connectivity index (χ3n) is 6.25. The van der Waals surface area contributed by atoms with Gasteiger partial charge in [-0.3, -0.25) is 4.79 Å². The van der Waals surface area contributed by atoms with E-state index in [2.05, 4.69) is 4.98 Å². The topological polar surface area (TPSA) is 90.7 Å². The monoisotopic (exact) mass is 515 g/mol. The zero-order valence-electron chi connectivity index (χ0n) is 20.4. The lowest BCUT2D eigenvalue weighted by molar-refractivity contribution is 0.0741. The molecule has 1 saturated heterocycles. The van der Waals surface area contributed by atoms with Crippen molar-refractivity contribution in [2.45, 2.75) is 49.9 Å². The third kappa shape index (κ3) is 5.76. The first-order valence-corrected chi connectivity index (χ1v) is 13.5. The summed E-state index contributed by atoms with van der Waals surface area (Å²) in [6.45, 7) is 3.33. The number of aromatic nitrogens is 2. The molecule has 0 saturated carbocycles. The van der Waals surface area contributed by atoms with Crippen molar-refractivity contribution in [1.82, 2.24) is 14.5 Å². The SMILES string of the molecule is CCN(Cc1cnc(S(=O)(=O)Cc2ccccc2F)n1C[C@H]1CCCO1)C(=O)c1ccc(OC)cc1. The van der Waals surface area contributed by atoms with Crippen LogP contribution in [0.4, 0.5) is 4.39 Å². The predicted octanol–water partition coefficient (Wildman–Crippen LogP) is 3.85. The predicted molar refractivity (Wildman–Crippen MR) is 132 cm³/mol. The van der Waals surface area contributed by atoms with Gasteiger partial charge in [-0.1, -0.05) is 18.2 Å². The normalized spacial score (nSPS) is 15.7. The number of methoxy groups -OCH3 is 1. The largest absolute Gasteiger partial charge is 0.497 e. The highest BCUT2D eigenvalue weighted by Gasteiger charge is 2.29. The Labute approximate surface area is 210 Å². The van der Waals surface area contributed by atoms with Gasteiger partial charge in [0.2, 0.25) is 15.0 Å². The second-order valence-electron chi connectivity index (χ2n) is 8.68. The molecule has 1 amide bonds. The average molecular weight is 516 g/mol. The Balaban J connectivity index is 1.64. The first-order chi connectivity index (χ1) is 17.3. The maximum atomic E-state index is 14.2. The van der Waals surface area contributed by atoms with E-state index in [-0.39, 0.29) is 35.8 Å². The summed E-state index contributed by atoms with van der Waals surface area (Å²) in [4.78, 5) is 19.1. The van der Waals surface area contributed by atoms with Crippen molar-refractivity contribution in [2.24, 2.45) is 0 Å². The Morgan fingerprint density at radius 2 is 1.97 bits per heavy atom. The van der Waals surface area contributed by atoms with E-state index < -0.39 is 21.4 Å². The van der Waals surface area contributed by atoms with E-state index in [0.717, 1.165) is 12.8 Å². The maximum Gasteiger partial charge on any atom is 0.254 e. The van der Waals surface area contributed by atoms with Gasteiger partial charge in [0, 0.05) is 24.3 Å². The van der Waals surface area contributed by atoms with E-state index in [1.165, 1.54) is 24.4 Å². The molecule has 0 bridgehead atoms. The van der Waals surface area contributed by atoms with Crippen LogP contribution in [-0.2, 0) is 33.4 Å². The van der Waals surface area contributed by atoms with Gasteiger partial charge in [0.1, 0.15) is 11.6 Å². The first-order valence-electron chi connectivity index (χ1n) is 11.9. The summed E-state index contributed by atoms with van der Waals surface area (Å²) in [5.41, 5.74) is 1.15. The number of ether oxygens (including phenoxy) is 2. The molecule has 1 aromatic heterocycles. The number of halogens is 1. The van der Waals surface area contributed by atoms with Crippen LogP contribution < -0.4 is 4.74 Å². The first kappa shape index (κ1) is 25.8.